The zero-order chi connectivity index (χ0) is 18.4. The number of nitriles is 1. The zero-order valence-corrected chi connectivity index (χ0v) is 14.3. The van der Waals surface area contributed by atoms with Crippen LogP contribution in [-0.4, -0.2) is 0 Å². The predicted molar refractivity (Wildman–Crippen MR) is 107 cm³/mol. The molecule has 0 saturated carbocycles. The molecule has 0 aliphatic heterocycles. The molecular weight excluding hydrogens is 333 g/mol. The molecular formula is C25H12FN. The third kappa shape index (κ3) is 2.40. The highest BCUT2D eigenvalue weighted by molar-refractivity contribution is 6.23. The molecule has 0 spiro atoms. The van der Waals surface area contributed by atoms with Gasteiger partial charge in [0.05, 0.1) is 5.56 Å². The van der Waals surface area contributed by atoms with E-state index in [1.54, 1.807) is 6.07 Å². The van der Waals surface area contributed by atoms with E-state index in [0.29, 0.717) is 5.56 Å². The predicted octanol–water partition coefficient (Wildman–Crippen LogP) is 5.99. The maximum Gasteiger partial charge on any atom is 0.142 e. The Labute approximate surface area is 155 Å². The molecule has 5 rings (SSSR count). The van der Waals surface area contributed by atoms with E-state index in [4.69, 9.17) is 5.26 Å². The first kappa shape index (κ1) is 15.4. The van der Waals surface area contributed by atoms with Crippen molar-refractivity contribution in [2.24, 2.45) is 0 Å². The molecule has 0 aliphatic rings. The second-order valence-electron chi connectivity index (χ2n) is 6.53. The highest BCUT2D eigenvalue weighted by Gasteiger charge is 2.09. The fraction of sp³-hybridized carbons (Fsp3) is 0. The van der Waals surface area contributed by atoms with E-state index in [-0.39, 0.29) is 5.56 Å². The molecule has 2 heteroatoms. The fourth-order valence-electron chi connectivity index (χ4n) is 3.67. The number of nitrogens with zero attached hydrogens (tertiary/aromatic N) is 1. The van der Waals surface area contributed by atoms with Gasteiger partial charge in [-0.25, -0.2) is 4.39 Å². The number of hydrogen-bond acceptors (Lipinski definition) is 1. The van der Waals surface area contributed by atoms with Gasteiger partial charge in [-0.05, 0) is 56.6 Å². The summed E-state index contributed by atoms with van der Waals surface area (Å²) >= 11 is 0. The van der Waals surface area contributed by atoms with Crippen molar-refractivity contribution >= 4 is 32.3 Å². The molecule has 0 unspecified atom stereocenters. The van der Waals surface area contributed by atoms with E-state index in [9.17, 15) is 4.39 Å². The third-order valence-corrected chi connectivity index (χ3v) is 4.96. The van der Waals surface area contributed by atoms with Crippen molar-refractivity contribution in [1.82, 2.24) is 0 Å². The quantitative estimate of drug-likeness (QED) is 0.250. The molecule has 5 aromatic carbocycles. The lowest BCUT2D eigenvalue weighted by atomic mass is 9.92. The van der Waals surface area contributed by atoms with Crippen LogP contribution in [0.5, 0.6) is 0 Å². The highest BCUT2D eigenvalue weighted by Crippen LogP contribution is 2.35. The monoisotopic (exact) mass is 345 g/mol. The molecule has 0 saturated heterocycles. The lowest BCUT2D eigenvalue weighted by Gasteiger charge is -2.11. The first-order chi connectivity index (χ1) is 13.2. The van der Waals surface area contributed by atoms with Crippen molar-refractivity contribution in [3.8, 4) is 17.9 Å². The van der Waals surface area contributed by atoms with Crippen LogP contribution >= 0.6 is 0 Å². The second kappa shape index (κ2) is 5.84. The first-order valence-corrected chi connectivity index (χ1v) is 8.63. The minimum Gasteiger partial charge on any atom is -0.206 e. The summed E-state index contributed by atoms with van der Waals surface area (Å²) in [5.41, 5.74) is 1.49. The Morgan fingerprint density at radius 2 is 1.33 bits per heavy atom. The van der Waals surface area contributed by atoms with Crippen molar-refractivity contribution in [3.63, 3.8) is 0 Å². The summed E-state index contributed by atoms with van der Waals surface area (Å²) in [5, 5.41) is 16.0. The molecule has 0 fully saturated rings. The largest absolute Gasteiger partial charge is 0.206 e. The van der Waals surface area contributed by atoms with Crippen LogP contribution in [0.15, 0.2) is 72.8 Å². The van der Waals surface area contributed by atoms with E-state index in [0.717, 1.165) is 10.9 Å². The summed E-state index contributed by atoms with van der Waals surface area (Å²) in [4.78, 5) is 0. The van der Waals surface area contributed by atoms with Gasteiger partial charge in [-0.1, -0.05) is 60.4 Å². The average molecular weight is 345 g/mol. The molecule has 1 nitrogen and oxygen atoms in total. The standard InChI is InChI=1S/C25H12FN/c26-23-14-16(5-7-21(23)15-27)4-6-17-8-9-20-11-10-18-2-1-3-19-12-13-22(17)25(20)24(18)19/h1-3,5,7-14H. The lowest BCUT2D eigenvalue weighted by molar-refractivity contribution is 0.623. The summed E-state index contributed by atoms with van der Waals surface area (Å²) in [6.45, 7) is 0. The minimum atomic E-state index is -0.542. The molecule has 0 bridgehead atoms. The highest BCUT2D eigenvalue weighted by atomic mass is 19.1. The summed E-state index contributed by atoms with van der Waals surface area (Å²) in [6.07, 6.45) is 0. The lowest BCUT2D eigenvalue weighted by Crippen LogP contribution is -1.87. The van der Waals surface area contributed by atoms with Gasteiger partial charge in [-0.3, -0.25) is 0 Å². The van der Waals surface area contributed by atoms with E-state index in [1.165, 1.54) is 39.1 Å². The molecule has 0 amide bonds. The molecule has 0 N–H and O–H groups in total. The molecule has 5 aromatic rings. The van der Waals surface area contributed by atoms with Gasteiger partial charge in [0.1, 0.15) is 11.9 Å². The molecule has 0 aromatic heterocycles. The van der Waals surface area contributed by atoms with Crippen LogP contribution in [0.3, 0.4) is 0 Å². The number of benzene rings is 5. The van der Waals surface area contributed by atoms with Gasteiger partial charge in [0.15, 0.2) is 0 Å². The van der Waals surface area contributed by atoms with Crippen molar-refractivity contribution in [2.75, 3.05) is 0 Å². The van der Waals surface area contributed by atoms with Crippen molar-refractivity contribution in [2.45, 2.75) is 0 Å². The number of hydrogen-bond donors (Lipinski definition) is 0. The van der Waals surface area contributed by atoms with Gasteiger partial charge >= 0.3 is 0 Å². The molecule has 0 radical (unpaired) electrons. The van der Waals surface area contributed by atoms with Crippen LogP contribution in [0.2, 0.25) is 0 Å². The van der Waals surface area contributed by atoms with Gasteiger partial charge in [0.25, 0.3) is 0 Å². The van der Waals surface area contributed by atoms with Crippen LogP contribution in [0.1, 0.15) is 16.7 Å². The molecule has 0 heterocycles. The van der Waals surface area contributed by atoms with E-state index in [1.807, 2.05) is 12.1 Å². The molecule has 27 heavy (non-hydrogen) atoms. The summed E-state index contributed by atoms with van der Waals surface area (Å²) in [7, 11) is 0. The van der Waals surface area contributed by atoms with Gasteiger partial charge in [-0.2, -0.15) is 5.26 Å². The van der Waals surface area contributed by atoms with Crippen LogP contribution in [-0.2, 0) is 0 Å². The van der Waals surface area contributed by atoms with E-state index in [2.05, 4.69) is 60.4 Å². The van der Waals surface area contributed by atoms with Crippen molar-refractivity contribution in [3.05, 3.63) is 95.3 Å². The van der Waals surface area contributed by atoms with Crippen molar-refractivity contribution < 1.29 is 4.39 Å². The van der Waals surface area contributed by atoms with Gasteiger partial charge in [0.2, 0.25) is 0 Å². The van der Waals surface area contributed by atoms with Gasteiger partial charge < -0.3 is 0 Å². The van der Waals surface area contributed by atoms with Gasteiger partial charge in [-0.15, -0.1) is 0 Å². The zero-order valence-electron chi connectivity index (χ0n) is 14.3. The van der Waals surface area contributed by atoms with Crippen LogP contribution in [0.4, 0.5) is 4.39 Å². The third-order valence-electron chi connectivity index (χ3n) is 4.96. The molecule has 124 valence electrons. The average Bonchev–Trinajstić information content (AvgIpc) is 2.71. The maximum atomic E-state index is 13.8. The van der Waals surface area contributed by atoms with Crippen molar-refractivity contribution in [1.29, 1.82) is 5.26 Å². The molecule has 0 aliphatic carbocycles. The Morgan fingerprint density at radius 3 is 2.07 bits per heavy atom. The van der Waals surface area contributed by atoms with Crippen LogP contribution in [0.25, 0.3) is 32.3 Å². The summed E-state index contributed by atoms with van der Waals surface area (Å²) < 4.78 is 13.8. The van der Waals surface area contributed by atoms with E-state index < -0.39 is 5.82 Å². The maximum absolute atomic E-state index is 13.8. The van der Waals surface area contributed by atoms with E-state index >= 15 is 0 Å². The Bertz CT molecular complexity index is 1430. The Kier molecular flexibility index (Phi) is 3.32. The second-order valence-corrected chi connectivity index (χ2v) is 6.53. The van der Waals surface area contributed by atoms with Gasteiger partial charge in [0, 0.05) is 11.1 Å². The first-order valence-electron chi connectivity index (χ1n) is 8.63. The Hall–Kier alpha value is -3.88. The summed E-state index contributed by atoms with van der Waals surface area (Å²) in [6, 6.07) is 25.2. The summed E-state index contributed by atoms with van der Waals surface area (Å²) in [5.74, 6) is 5.67. The minimum absolute atomic E-state index is 0.0308. The Morgan fingerprint density at radius 1 is 0.667 bits per heavy atom. The van der Waals surface area contributed by atoms with Crippen LogP contribution < -0.4 is 0 Å². The Balaban J connectivity index is 1.73. The number of rotatable bonds is 0. The van der Waals surface area contributed by atoms with Crippen LogP contribution in [0, 0.1) is 29.0 Å². The topological polar surface area (TPSA) is 23.8 Å². The SMILES string of the molecule is N#Cc1ccc(C#Cc2ccc3ccc4cccc5ccc2c3c45)cc1F. The smallest absolute Gasteiger partial charge is 0.142 e. The normalized spacial score (nSPS) is 10.8. The fourth-order valence-corrected chi connectivity index (χ4v) is 3.67. The number of halogens is 1. The molecule has 0 atom stereocenters.